The van der Waals surface area contributed by atoms with E-state index in [1.54, 1.807) is 12.1 Å². The van der Waals surface area contributed by atoms with Crippen LogP contribution in [0.4, 0.5) is 11.4 Å². The van der Waals surface area contributed by atoms with Gasteiger partial charge in [-0.2, -0.15) is 15.3 Å². The van der Waals surface area contributed by atoms with Gasteiger partial charge >= 0.3 is 0 Å². The Labute approximate surface area is 187 Å². The summed E-state index contributed by atoms with van der Waals surface area (Å²) in [4.78, 5) is 12.0. The minimum absolute atomic E-state index is 0.0136. The molecule has 0 aliphatic carbocycles. The summed E-state index contributed by atoms with van der Waals surface area (Å²) in [5, 5.41) is 22.4. The maximum Gasteiger partial charge on any atom is 0.277 e. The largest absolute Gasteiger partial charge is 0.507 e. The number of carbonyl (C=O) groups is 1. The first-order chi connectivity index (χ1) is 15.3. The highest BCUT2D eigenvalue weighted by atomic mass is 16.5. The van der Waals surface area contributed by atoms with E-state index in [1.165, 1.54) is 17.8 Å². The van der Waals surface area contributed by atoms with E-state index in [9.17, 15) is 9.90 Å². The highest BCUT2D eigenvalue weighted by Crippen LogP contribution is 2.25. The van der Waals surface area contributed by atoms with Gasteiger partial charge in [-0.3, -0.25) is 4.79 Å². The van der Waals surface area contributed by atoms with Crippen molar-refractivity contribution in [1.82, 2.24) is 5.43 Å². The molecule has 0 radical (unpaired) electrons. The Kier molecular flexibility index (Phi) is 7.33. The van der Waals surface area contributed by atoms with Crippen molar-refractivity contribution in [3.63, 3.8) is 0 Å². The zero-order chi connectivity index (χ0) is 23.1. The lowest BCUT2D eigenvalue weighted by Crippen LogP contribution is -2.24. The van der Waals surface area contributed by atoms with E-state index in [0.29, 0.717) is 17.0 Å². The summed E-state index contributed by atoms with van der Waals surface area (Å²) in [6.45, 7) is 7.80. The number of rotatable bonds is 7. The molecule has 0 aliphatic heterocycles. The average molecular weight is 431 g/mol. The van der Waals surface area contributed by atoms with Crippen LogP contribution in [-0.2, 0) is 4.79 Å². The van der Waals surface area contributed by atoms with Gasteiger partial charge in [0.1, 0.15) is 11.5 Å². The quantitative estimate of drug-likeness (QED) is 0.291. The minimum Gasteiger partial charge on any atom is -0.507 e. The second-order valence-corrected chi connectivity index (χ2v) is 7.56. The highest BCUT2D eigenvalue weighted by Gasteiger charge is 2.05. The van der Waals surface area contributed by atoms with E-state index < -0.39 is 5.91 Å². The predicted molar refractivity (Wildman–Crippen MR) is 125 cm³/mol. The van der Waals surface area contributed by atoms with E-state index in [1.807, 2.05) is 64.1 Å². The van der Waals surface area contributed by atoms with Crippen LogP contribution in [0.1, 0.15) is 27.8 Å². The molecule has 0 spiro atoms. The number of hydrogen-bond acceptors (Lipinski definition) is 6. The molecule has 0 saturated carbocycles. The Hall–Kier alpha value is -4.00. The molecule has 3 aromatic carbocycles. The number of hydrazone groups is 1. The van der Waals surface area contributed by atoms with Crippen molar-refractivity contribution in [3.8, 4) is 11.5 Å². The normalized spacial score (nSPS) is 11.2. The maximum absolute atomic E-state index is 12.0. The standard InChI is InChI=1S/C25H26N4O3/c1-16-5-10-24(19(4)11-16)32-15-25(31)29-26-14-20-13-22(8-9-23(20)30)28-27-21-7-6-17(2)18(3)12-21/h5-14,30H,15H2,1-4H3,(H,29,31). The fourth-order valence-corrected chi connectivity index (χ4v) is 2.92. The number of ether oxygens (including phenoxy) is 1. The zero-order valence-electron chi connectivity index (χ0n) is 18.6. The summed E-state index contributed by atoms with van der Waals surface area (Å²) in [5.41, 5.74) is 8.49. The van der Waals surface area contributed by atoms with Gasteiger partial charge < -0.3 is 9.84 Å². The lowest BCUT2D eigenvalue weighted by molar-refractivity contribution is -0.123. The zero-order valence-corrected chi connectivity index (χ0v) is 18.6. The molecule has 7 nitrogen and oxygen atoms in total. The molecule has 0 heterocycles. The second-order valence-electron chi connectivity index (χ2n) is 7.56. The lowest BCUT2D eigenvalue weighted by Gasteiger charge is -2.08. The molecule has 164 valence electrons. The Morgan fingerprint density at radius 2 is 1.62 bits per heavy atom. The molecule has 0 saturated heterocycles. The van der Waals surface area contributed by atoms with Gasteiger partial charge in [0, 0.05) is 5.56 Å². The Bertz CT molecular complexity index is 1190. The third-order valence-corrected chi connectivity index (χ3v) is 4.86. The third-order valence-electron chi connectivity index (χ3n) is 4.86. The highest BCUT2D eigenvalue weighted by molar-refractivity contribution is 5.86. The first-order valence-electron chi connectivity index (χ1n) is 10.2. The van der Waals surface area contributed by atoms with Gasteiger partial charge in [0.05, 0.1) is 17.6 Å². The Morgan fingerprint density at radius 3 is 2.34 bits per heavy atom. The maximum atomic E-state index is 12.0. The number of nitrogens with zero attached hydrogens (tertiary/aromatic N) is 3. The predicted octanol–water partition coefficient (Wildman–Crippen LogP) is 5.57. The van der Waals surface area contributed by atoms with Crippen molar-refractivity contribution in [1.29, 1.82) is 0 Å². The lowest BCUT2D eigenvalue weighted by atomic mass is 10.1. The van der Waals surface area contributed by atoms with E-state index in [4.69, 9.17) is 4.74 Å². The van der Waals surface area contributed by atoms with Crippen LogP contribution in [0.5, 0.6) is 11.5 Å². The molecule has 0 aromatic heterocycles. The van der Waals surface area contributed by atoms with Gasteiger partial charge in [-0.05, 0) is 80.8 Å². The first-order valence-corrected chi connectivity index (χ1v) is 10.2. The molecule has 3 aromatic rings. The molecule has 0 bridgehead atoms. The number of phenols is 1. The van der Waals surface area contributed by atoms with Gasteiger partial charge in [-0.15, -0.1) is 0 Å². The van der Waals surface area contributed by atoms with Crippen LogP contribution in [0, 0.1) is 27.7 Å². The van der Waals surface area contributed by atoms with E-state index in [-0.39, 0.29) is 12.4 Å². The second kappa shape index (κ2) is 10.3. The van der Waals surface area contributed by atoms with Crippen molar-refractivity contribution in [2.75, 3.05) is 6.61 Å². The summed E-state index contributed by atoms with van der Waals surface area (Å²) in [7, 11) is 0. The monoisotopic (exact) mass is 430 g/mol. The van der Waals surface area contributed by atoms with E-state index in [0.717, 1.165) is 22.4 Å². The van der Waals surface area contributed by atoms with Crippen LogP contribution in [0.2, 0.25) is 0 Å². The number of nitrogens with one attached hydrogen (secondary N) is 1. The summed E-state index contributed by atoms with van der Waals surface area (Å²) in [6.07, 6.45) is 1.35. The number of carbonyl (C=O) groups excluding carboxylic acids is 1. The summed E-state index contributed by atoms with van der Waals surface area (Å²) < 4.78 is 5.53. The summed E-state index contributed by atoms with van der Waals surface area (Å²) >= 11 is 0. The smallest absolute Gasteiger partial charge is 0.277 e. The number of aryl methyl sites for hydroxylation is 4. The molecule has 0 atom stereocenters. The SMILES string of the molecule is Cc1ccc(OCC(=O)NN=Cc2cc(N=Nc3ccc(C)c(C)c3)ccc2O)c(C)c1. The molecule has 1 amide bonds. The molecule has 3 rings (SSSR count). The Morgan fingerprint density at radius 1 is 0.906 bits per heavy atom. The van der Waals surface area contributed by atoms with Crippen LogP contribution in [0.3, 0.4) is 0 Å². The van der Waals surface area contributed by atoms with E-state index in [2.05, 4.69) is 20.8 Å². The number of phenolic OH excluding ortho intramolecular Hbond substituents is 1. The molecule has 0 fully saturated rings. The number of benzene rings is 3. The van der Waals surface area contributed by atoms with Crippen molar-refractivity contribution >= 4 is 23.5 Å². The van der Waals surface area contributed by atoms with Gasteiger partial charge in [0.15, 0.2) is 6.61 Å². The summed E-state index contributed by atoms with van der Waals surface area (Å²) in [5.74, 6) is 0.250. The van der Waals surface area contributed by atoms with Crippen molar-refractivity contribution in [3.05, 3.63) is 82.4 Å². The topological polar surface area (TPSA) is 95.6 Å². The number of hydrogen-bond donors (Lipinski definition) is 2. The van der Waals surface area contributed by atoms with Crippen LogP contribution in [0.15, 0.2) is 69.9 Å². The molecular weight excluding hydrogens is 404 g/mol. The third kappa shape index (κ3) is 6.25. The van der Waals surface area contributed by atoms with Crippen LogP contribution >= 0.6 is 0 Å². The molecule has 32 heavy (non-hydrogen) atoms. The number of aromatic hydroxyl groups is 1. The van der Waals surface area contributed by atoms with E-state index >= 15 is 0 Å². The summed E-state index contributed by atoms with van der Waals surface area (Å²) in [6, 6.07) is 16.4. The van der Waals surface area contributed by atoms with Gasteiger partial charge in [0.2, 0.25) is 0 Å². The van der Waals surface area contributed by atoms with Gasteiger partial charge in [-0.25, -0.2) is 5.43 Å². The van der Waals surface area contributed by atoms with Crippen LogP contribution < -0.4 is 10.2 Å². The molecular formula is C25H26N4O3. The first kappa shape index (κ1) is 22.7. The fourth-order valence-electron chi connectivity index (χ4n) is 2.92. The average Bonchev–Trinajstić information content (AvgIpc) is 2.75. The van der Waals surface area contributed by atoms with Crippen molar-refractivity contribution in [2.45, 2.75) is 27.7 Å². The molecule has 0 unspecified atom stereocenters. The van der Waals surface area contributed by atoms with Gasteiger partial charge in [0.25, 0.3) is 5.91 Å². The molecule has 0 aliphatic rings. The van der Waals surface area contributed by atoms with Crippen LogP contribution in [0.25, 0.3) is 0 Å². The number of amides is 1. The van der Waals surface area contributed by atoms with Gasteiger partial charge in [-0.1, -0.05) is 23.8 Å². The van der Waals surface area contributed by atoms with Crippen LogP contribution in [-0.4, -0.2) is 23.8 Å². The molecule has 2 N–H and O–H groups in total. The Balaban J connectivity index is 1.59. The number of azo groups is 1. The fraction of sp³-hybridized carbons (Fsp3) is 0.200. The molecule has 7 heteroatoms. The minimum atomic E-state index is -0.411. The van der Waals surface area contributed by atoms with Crippen molar-refractivity contribution in [2.24, 2.45) is 15.3 Å². The van der Waals surface area contributed by atoms with Crippen molar-refractivity contribution < 1.29 is 14.6 Å².